The molecule has 18 heavy (non-hydrogen) atoms. The molecular formula is C14H18O4. The monoisotopic (exact) mass is 250 g/mol. The molecule has 4 nitrogen and oxygen atoms in total. The minimum absolute atomic E-state index is 0.0373. The van der Waals surface area contributed by atoms with Crippen molar-refractivity contribution >= 4 is 11.8 Å². The van der Waals surface area contributed by atoms with E-state index in [4.69, 9.17) is 4.74 Å². The normalized spacial score (nSPS) is 10.8. The third kappa shape index (κ3) is 4.20. The van der Waals surface area contributed by atoms with Crippen molar-refractivity contribution in [3.8, 4) is 5.75 Å². The van der Waals surface area contributed by atoms with E-state index in [1.165, 1.54) is 7.11 Å². The summed E-state index contributed by atoms with van der Waals surface area (Å²) in [5.74, 6) is 0.117. The Balaban J connectivity index is 2.45. The van der Waals surface area contributed by atoms with Gasteiger partial charge in [0.1, 0.15) is 12.4 Å². The molecule has 0 amide bonds. The van der Waals surface area contributed by atoms with Crippen LogP contribution in [0.15, 0.2) is 30.3 Å². The van der Waals surface area contributed by atoms with Crippen LogP contribution in [0.2, 0.25) is 0 Å². The molecule has 0 radical (unpaired) electrons. The van der Waals surface area contributed by atoms with Crippen molar-refractivity contribution in [2.75, 3.05) is 13.7 Å². The number of Topliss-reactive ketones (excluding diaryl/α,β-unsaturated/α-hetero) is 1. The third-order valence-electron chi connectivity index (χ3n) is 2.52. The number of hydrogen-bond acceptors (Lipinski definition) is 4. The van der Waals surface area contributed by atoms with Crippen LogP contribution in [-0.2, 0) is 14.3 Å². The minimum Gasteiger partial charge on any atom is -0.486 e. The van der Waals surface area contributed by atoms with E-state index >= 15 is 0 Å². The molecule has 0 bridgehead atoms. The van der Waals surface area contributed by atoms with Crippen LogP contribution in [0.1, 0.15) is 20.3 Å². The first-order valence-electron chi connectivity index (χ1n) is 5.73. The second kappa shape index (κ2) is 6.19. The number of ketones is 1. The molecule has 0 saturated heterocycles. The summed E-state index contributed by atoms with van der Waals surface area (Å²) in [5, 5.41) is 0. The lowest BCUT2D eigenvalue weighted by molar-refractivity contribution is -0.153. The van der Waals surface area contributed by atoms with Crippen molar-refractivity contribution in [2.24, 2.45) is 5.41 Å². The molecule has 0 aromatic heterocycles. The number of esters is 1. The lowest BCUT2D eigenvalue weighted by Crippen LogP contribution is -2.30. The zero-order valence-electron chi connectivity index (χ0n) is 10.9. The lowest BCUT2D eigenvalue weighted by Gasteiger charge is -2.20. The number of methoxy groups -OCH3 is 1. The van der Waals surface area contributed by atoms with Gasteiger partial charge in [-0.05, 0) is 26.0 Å². The molecule has 0 saturated carbocycles. The van der Waals surface area contributed by atoms with Crippen LogP contribution < -0.4 is 4.74 Å². The van der Waals surface area contributed by atoms with Crippen LogP contribution in [0.25, 0.3) is 0 Å². The van der Waals surface area contributed by atoms with Gasteiger partial charge in [-0.1, -0.05) is 18.2 Å². The Bertz CT molecular complexity index is 409. The first-order chi connectivity index (χ1) is 8.45. The van der Waals surface area contributed by atoms with Crippen LogP contribution in [0, 0.1) is 5.41 Å². The van der Waals surface area contributed by atoms with Crippen molar-refractivity contribution in [3.63, 3.8) is 0 Å². The Hall–Kier alpha value is -1.84. The van der Waals surface area contributed by atoms with E-state index in [0.717, 1.165) is 0 Å². The SMILES string of the molecule is COC(=O)C(C)(C)CC(=O)COc1ccccc1. The van der Waals surface area contributed by atoms with Crippen LogP contribution in [0.5, 0.6) is 5.75 Å². The molecule has 1 aromatic rings. The fraction of sp³-hybridized carbons (Fsp3) is 0.429. The molecule has 0 atom stereocenters. The van der Waals surface area contributed by atoms with E-state index in [9.17, 15) is 9.59 Å². The molecule has 0 N–H and O–H groups in total. The molecular weight excluding hydrogens is 232 g/mol. The second-order valence-corrected chi connectivity index (χ2v) is 4.69. The smallest absolute Gasteiger partial charge is 0.311 e. The Kier molecular flexibility index (Phi) is 4.89. The quantitative estimate of drug-likeness (QED) is 0.726. The van der Waals surface area contributed by atoms with Gasteiger partial charge in [-0.25, -0.2) is 0 Å². The largest absolute Gasteiger partial charge is 0.486 e. The maximum Gasteiger partial charge on any atom is 0.311 e. The molecule has 0 aliphatic heterocycles. The van der Waals surface area contributed by atoms with Crippen LogP contribution in [-0.4, -0.2) is 25.5 Å². The summed E-state index contributed by atoms with van der Waals surface area (Å²) < 4.78 is 9.97. The van der Waals surface area contributed by atoms with Gasteiger partial charge in [0.2, 0.25) is 0 Å². The van der Waals surface area contributed by atoms with Crippen molar-refractivity contribution < 1.29 is 19.1 Å². The Morgan fingerprint density at radius 2 is 1.78 bits per heavy atom. The number of rotatable bonds is 6. The average molecular weight is 250 g/mol. The van der Waals surface area contributed by atoms with Gasteiger partial charge in [0.15, 0.2) is 5.78 Å². The molecule has 1 aromatic carbocycles. The van der Waals surface area contributed by atoms with E-state index in [0.29, 0.717) is 5.75 Å². The number of carbonyl (C=O) groups is 2. The molecule has 0 aliphatic rings. The highest BCUT2D eigenvalue weighted by Crippen LogP contribution is 2.22. The highest BCUT2D eigenvalue weighted by atomic mass is 16.5. The van der Waals surface area contributed by atoms with Gasteiger partial charge in [0.25, 0.3) is 0 Å². The van der Waals surface area contributed by atoms with E-state index in [-0.39, 0.29) is 18.8 Å². The molecule has 1 rings (SSSR count). The maximum atomic E-state index is 11.7. The number of hydrogen-bond donors (Lipinski definition) is 0. The van der Waals surface area contributed by atoms with Gasteiger partial charge >= 0.3 is 5.97 Å². The minimum atomic E-state index is -0.814. The predicted molar refractivity (Wildman–Crippen MR) is 67.4 cm³/mol. The topological polar surface area (TPSA) is 52.6 Å². The van der Waals surface area contributed by atoms with Gasteiger partial charge in [0.05, 0.1) is 12.5 Å². The molecule has 0 spiro atoms. The number of benzene rings is 1. The first-order valence-corrected chi connectivity index (χ1v) is 5.73. The van der Waals surface area contributed by atoms with E-state index in [1.54, 1.807) is 26.0 Å². The summed E-state index contributed by atoms with van der Waals surface area (Å²) in [6, 6.07) is 9.09. The molecule has 0 unspecified atom stereocenters. The fourth-order valence-corrected chi connectivity index (χ4v) is 1.57. The summed E-state index contributed by atoms with van der Waals surface area (Å²) in [4.78, 5) is 23.1. The molecule has 98 valence electrons. The average Bonchev–Trinajstić information content (AvgIpc) is 2.36. The van der Waals surface area contributed by atoms with Gasteiger partial charge in [0, 0.05) is 6.42 Å². The van der Waals surface area contributed by atoms with E-state index < -0.39 is 11.4 Å². The fourth-order valence-electron chi connectivity index (χ4n) is 1.57. The van der Waals surface area contributed by atoms with Gasteiger partial charge in [-0.3, -0.25) is 9.59 Å². The van der Waals surface area contributed by atoms with E-state index in [1.807, 2.05) is 18.2 Å². The van der Waals surface area contributed by atoms with Gasteiger partial charge < -0.3 is 9.47 Å². The van der Waals surface area contributed by atoms with Crippen LogP contribution >= 0.6 is 0 Å². The summed E-state index contributed by atoms with van der Waals surface area (Å²) in [7, 11) is 1.31. The van der Waals surface area contributed by atoms with E-state index in [2.05, 4.69) is 4.74 Å². The maximum absolute atomic E-state index is 11.7. The second-order valence-electron chi connectivity index (χ2n) is 4.69. The summed E-state index contributed by atoms with van der Waals surface area (Å²) in [6.45, 7) is 3.32. The van der Waals surface area contributed by atoms with Crippen LogP contribution in [0.4, 0.5) is 0 Å². The van der Waals surface area contributed by atoms with Crippen molar-refractivity contribution in [2.45, 2.75) is 20.3 Å². The Morgan fingerprint density at radius 1 is 1.17 bits per heavy atom. The molecule has 0 fully saturated rings. The predicted octanol–water partition coefficient (Wildman–Crippen LogP) is 2.22. The number of ether oxygens (including phenoxy) is 2. The summed E-state index contributed by atoms with van der Waals surface area (Å²) in [5.41, 5.74) is -0.814. The zero-order valence-corrected chi connectivity index (χ0v) is 10.9. The van der Waals surface area contributed by atoms with Crippen molar-refractivity contribution in [1.82, 2.24) is 0 Å². The highest BCUT2D eigenvalue weighted by Gasteiger charge is 2.31. The number of carbonyl (C=O) groups excluding carboxylic acids is 2. The number of para-hydroxylation sites is 1. The van der Waals surface area contributed by atoms with Crippen LogP contribution in [0.3, 0.4) is 0 Å². The van der Waals surface area contributed by atoms with Gasteiger partial charge in [-0.15, -0.1) is 0 Å². The molecule has 4 heteroatoms. The molecule has 0 aliphatic carbocycles. The van der Waals surface area contributed by atoms with Gasteiger partial charge in [-0.2, -0.15) is 0 Å². The van der Waals surface area contributed by atoms with Crippen molar-refractivity contribution in [3.05, 3.63) is 30.3 Å². The lowest BCUT2D eigenvalue weighted by atomic mass is 9.87. The Morgan fingerprint density at radius 3 is 2.33 bits per heavy atom. The molecule has 0 heterocycles. The summed E-state index contributed by atoms with van der Waals surface area (Å²) >= 11 is 0. The zero-order chi connectivity index (χ0) is 13.6. The Labute approximate surface area is 107 Å². The standard InChI is InChI=1S/C14H18O4/c1-14(2,13(16)17-3)9-11(15)10-18-12-7-5-4-6-8-12/h4-8H,9-10H2,1-3H3. The van der Waals surface area contributed by atoms with Crippen molar-refractivity contribution in [1.29, 1.82) is 0 Å². The highest BCUT2D eigenvalue weighted by molar-refractivity contribution is 5.87. The first kappa shape index (κ1) is 14.2. The third-order valence-corrected chi connectivity index (χ3v) is 2.52. The summed E-state index contributed by atoms with van der Waals surface area (Å²) in [6.07, 6.45) is 0.104.